The highest BCUT2D eigenvalue weighted by molar-refractivity contribution is 5.85. The molecular weight excluding hydrogens is 154 g/mol. The predicted molar refractivity (Wildman–Crippen MR) is 40.0 cm³/mol. The SMILES string of the molecule is COC(=O)[C@@H]1CC[C@H]1N.Cl. The van der Waals surface area contributed by atoms with Gasteiger partial charge in [-0.15, -0.1) is 12.4 Å². The second-order valence-electron chi connectivity index (χ2n) is 2.37. The average molecular weight is 166 g/mol. The fourth-order valence-electron chi connectivity index (χ4n) is 0.970. The van der Waals surface area contributed by atoms with Crippen LogP contribution in [0, 0.1) is 5.92 Å². The van der Waals surface area contributed by atoms with Crippen LogP contribution in [0.3, 0.4) is 0 Å². The first-order chi connectivity index (χ1) is 4.25. The summed E-state index contributed by atoms with van der Waals surface area (Å²) in [5.41, 5.74) is 5.50. The van der Waals surface area contributed by atoms with E-state index >= 15 is 0 Å². The van der Waals surface area contributed by atoms with Crippen LogP contribution < -0.4 is 5.73 Å². The van der Waals surface area contributed by atoms with Crippen LogP contribution >= 0.6 is 12.4 Å². The Morgan fingerprint density at radius 1 is 1.60 bits per heavy atom. The highest BCUT2D eigenvalue weighted by Gasteiger charge is 2.34. The van der Waals surface area contributed by atoms with Gasteiger partial charge in [0.1, 0.15) is 0 Å². The summed E-state index contributed by atoms with van der Waals surface area (Å²) in [5.74, 6) is -0.177. The molecule has 0 aromatic heterocycles. The Bertz CT molecular complexity index is 129. The van der Waals surface area contributed by atoms with E-state index in [1.54, 1.807) is 0 Å². The molecular formula is C6H12ClNO2. The highest BCUT2D eigenvalue weighted by atomic mass is 35.5. The van der Waals surface area contributed by atoms with Crippen LogP contribution in [0.15, 0.2) is 0 Å². The number of esters is 1. The van der Waals surface area contributed by atoms with Crippen LogP contribution in [0.1, 0.15) is 12.8 Å². The first kappa shape index (κ1) is 9.72. The molecule has 10 heavy (non-hydrogen) atoms. The smallest absolute Gasteiger partial charge is 0.310 e. The maximum Gasteiger partial charge on any atom is 0.310 e. The van der Waals surface area contributed by atoms with Crippen LogP contribution in [0.2, 0.25) is 0 Å². The van der Waals surface area contributed by atoms with Gasteiger partial charge in [0.05, 0.1) is 13.0 Å². The van der Waals surface area contributed by atoms with Crippen molar-refractivity contribution in [3.63, 3.8) is 0 Å². The molecule has 0 amide bonds. The van der Waals surface area contributed by atoms with Crippen molar-refractivity contribution in [2.24, 2.45) is 11.7 Å². The van der Waals surface area contributed by atoms with E-state index < -0.39 is 0 Å². The van der Waals surface area contributed by atoms with E-state index in [0.29, 0.717) is 0 Å². The molecule has 3 nitrogen and oxygen atoms in total. The lowest BCUT2D eigenvalue weighted by Gasteiger charge is -2.30. The molecule has 1 aliphatic rings. The number of halogens is 1. The monoisotopic (exact) mass is 165 g/mol. The van der Waals surface area contributed by atoms with E-state index in [1.165, 1.54) is 7.11 Å². The lowest BCUT2D eigenvalue weighted by Crippen LogP contribution is -2.44. The van der Waals surface area contributed by atoms with Crippen LogP contribution in [-0.4, -0.2) is 19.1 Å². The van der Waals surface area contributed by atoms with Gasteiger partial charge in [-0.1, -0.05) is 0 Å². The Balaban J connectivity index is 0.000000810. The van der Waals surface area contributed by atoms with Crippen LogP contribution in [0.5, 0.6) is 0 Å². The number of hydrogen-bond acceptors (Lipinski definition) is 3. The molecule has 1 rings (SSSR count). The Morgan fingerprint density at radius 3 is 2.30 bits per heavy atom. The number of carbonyl (C=O) groups excluding carboxylic acids is 1. The molecule has 0 aromatic carbocycles. The zero-order valence-corrected chi connectivity index (χ0v) is 6.69. The third kappa shape index (κ3) is 1.61. The van der Waals surface area contributed by atoms with Gasteiger partial charge < -0.3 is 10.5 Å². The molecule has 0 aliphatic heterocycles. The minimum absolute atomic E-state index is 0. The van der Waals surface area contributed by atoms with Gasteiger partial charge in [0.15, 0.2) is 0 Å². The molecule has 0 radical (unpaired) electrons. The van der Waals surface area contributed by atoms with E-state index in [-0.39, 0.29) is 30.3 Å². The molecule has 2 atom stereocenters. The van der Waals surface area contributed by atoms with Gasteiger partial charge in [0, 0.05) is 6.04 Å². The van der Waals surface area contributed by atoms with Crippen molar-refractivity contribution in [3.05, 3.63) is 0 Å². The third-order valence-corrected chi connectivity index (χ3v) is 1.83. The molecule has 1 fully saturated rings. The maximum absolute atomic E-state index is 10.7. The third-order valence-electron chi connectivity index (χ3n) is 1.83. The summed E-state index contributed by atoms with van der Waals surface area (Å²) >= 11 is 0. The number of carbonyl (C=O) groups is 1. The van der Waals surface area contributed by atoms with Gasteiger partial charge in [-0.25, -0.2) is 0 Å². The summed E-state index contributed by atoms with van der Waals surface area (Å²) in [7, 11) is 1.40. The number of methoxy groups -OCH3 is 1. The van der Waals surface area contributed by atoms with Gasteiger partial charge in [0.2, 0.25) is 0 Å². The molecule has 0 spiro atoms. The van der Waals surface area contributed by atoms with Crippen molar-refractivity contribution in [1.29, 1.82) is 0 Å². The number of rotatable bonds is 1. The molecule has 0 bridgehead atoms. The van der Waals surface area contributed by atoms with Crippen molar-refractivity contribution < 1.29 is 9.53 Å². The number of ether oxygens (including phenoxy) is 1. The van der Waals surface area contributed by atoms with Gasteiger partial charge in [-0.2, -0.15) is 0 Å². The maximum atomic E-state index is 10.7. The van der Waals surface area contributed by atoms with E-state index in [9.17, 15) is 4.79 Å². The minimum Gasteiger partial charge on any atom is -0.469 e. The summed E-state index contributed by atoms with van der Waals surface area (Å²) in [6.45, 7) is 0. The Kier molecular flexibility index (Phi) is 3.68. The first-order valence-corrected chi connectivity index (χ1v) is 3.09. The van der Waals surface area contributed by atoms with E-state index in [4.69, 9.17) is 5.73 Å². The van der Waals surface area contributed by atoms with Crippen molar-refractivity contribution in [2.45, 2.75) is 18.9 Å². The average Bonchev–Trinajstić information content (AvgIpc) is 1.84. The Morgan fingerprint density at radius 2 is 2.20 bits per heavy atom. The molecule has 0 saturated heterocycles. The second-order valence-corrected chi connectivity index (χ2v) is 2.37. The summed E-state index contributed by atoms with van der Waals surface area (Å²) in [6.07, 6.45) is 1.85. The number of nitrogens with two attached hydrogens (primary N) is 1. The van der Waals surface area contributed by atoms with E-state index in [1.807, 2.05) is 0 Å². The molecule has 0 heterocycles. The van der Waals surface area contributed by atoms with Gasteiger partial charge in [-0.3, -0.25) is 4.79 Å². The largest absolute Gasteiger partial charge is 0.469 e. The molecule has 2 N–H and O–H groups in total. The summed E-state index contributed by atoms with van der Waals surface area (Å²) in [5, 5.41) is 0. The van der Waals surface area contributed by atoms with Crippen LogP contribution in [0.4, 0.5) is 0 Å². The van der Waals surface area contributed by atoms with Gasteiger partial charge in [0.25, 0.3) is 0 Å². The van der Waals surface area contributed by atoms with Crippen LogP contribution in [-0.2, 0) is 9.53 Å². The second kappa shape index (κ2) is 3.78. The molecule has 60 valence electrons. The first-order valence-electron chi connectivity index (χ1n) is 3.09. The molecule has 4 heteroatoms. The van der Waals surface area contributed by atoms with Crippen molar-refractivity contribution >= 4 is 18.4 Å². The van der Waals surface area contributed by atoms with E-state index in [2.05, 4.69) is 4.74 Å². The fraction of sp³-hybridized carbons (Fsp3) is 0.833. The summed E-state index contributed by atoms with van der Waals surface area (Å²) in [6, 6.07) is 0.0532. The van der Waals surface area contributed by atoms with E-state index in [0.717, 1.165) is 12.8 Å². The summed E-state index contributed by atoms with van der Waals surface area (Å²) in [4.78, 5) is 10.7. The van der Waals surface area contributed by atoms with Gasteiger partial charge >= 0.3 is 5.97 Å². The molecule has 0 unspecified atom stereocenters. The quantitative estimate of drug-likeness (QED) is 0.570. The van der Waals surface area contributed by atoms with Crippen molar-refractivity contribution in [1.82, 2.24) is 0 Å². The van der Waals surface area contributed by atoms with Gasteiger partial charge in [-0.05, 0) is 12.8 Å². The molecule has 1 aliphatic carbocycles. The standard InChI is InChI=1S/C6H11NO2.ClH/c1-9-6(8)4-2-3-5(4)7;/h4-5H,2-3,7H2,1H3;1H/t4-,5-;/m1./s1. The lowest BCUT2D eigenvalue weighted by molar-refractivity contribution is -0.149. The zero-order chi connectivity index (χ0) is 6.85. The summed E-state index contributed by atoms with van der Waals surface area (Å²) < 4.78 is 4.51. The Hall–Kier alpha value is -0.280. The highest BCUT2D eigenvalue weighted by Crippen LogP contribution is 2.25. The normalized spacial score (nSPS) is 29.8. The molecule has 1 saturated carbocycles. The lowest BCUT2D eigenvalue weighted by atomic mass is 9.80. The van der Waals surface area contributed by atoms with Crippen LogP contribution in [0.25, 0.3) is 0 Å². The van der Waals surface area contributed by atoms with Crippen molar-refractivity contribution in [2.75, 3.05) is 7.11 Å². The topological polar surface area (TPSA) is 52.3 Å². The molecule has 0 aromatic rings. The minimum atomic E-state index is -0.159. The van der Waals surface area contributed by atoms with Crippen molar-refractivity contribution in [3.8, 4) is 0 Å². The fourth-order valence-corrected chi connectivity index (χ4v) is 0.970. The Labute approximate surface area is 66.3 Å². The number of hydrogen-bond donors (Lipinski definition) is 1. The predicted octanol–water partition coefficient (Wildman–Crippen LogP) is 0.318. The zero-order valence-electron chi connectivity index (χ0n) is 5.87.